The first-order valence-electron chi connectivity index (χ1n) is 4.08. The molecular formula is C8H13N3O2. The van der Waals surface area contributed by atoms with Crippen molar-refractivity contribution in [1.29, 1.82) is 0 Å². The van der Waals surface area contributed by atoms with E-state index in [0.29, 0.717) is 24.4 Å². The van der Waals surface area contributed by atoms with Crippen molar-refractivity contribution < 1.29 is 9.53 Å². The lowest BCUT2D eigenvalue weighted by Crippen LogP contribution is -2.14. The maximum Gasteiger partial charge on any atom is 0.356 e. The van der Waals surface area contributed by atoms with Crippen molar-refractivity contribution in [3.05, 3.63) is 17.5 Å². The van der Waals surface area contributed by atoms with E-state index < -0.39 is 0 Å². The number of aryl methyl sites for hydroxylation is 1. The van der Waals surface area contributed by atoms with Crippen LogP contribution in [0.2, 0.25) is 0 Å². The predicted octanol–water partition coefficient (Wildman–Crippen LogP) is 0.0555. The Balaban J connectivity index is 2.96. The first-order chi connectivity index (χ1) is 6.20. The molecule has 0 amide bonds. The van der Waals surface area contributed by atoms with Gasteiger partial charge in [-0.3, -0.25) is 4.68 Å². The molecule has 1 aromatic rings. The van der Waals surface area contributed by atoms with Gasteiger partial charge in [0, 0.05) is 19.2 Å². The van der Waals surface area contributed by atoms with Crippen molar-refractivity contribution in [1.82, 2.24) is 9.78 Å². The van der Waals surface area contributed by atoms with E-state index in [1.807, 2.05) is 0 Å². The molecule has 5 nitrogen and oxygen atoms in total. The van der Waals surface area contributed by atoms with Gasteiger partial charge in [-0.2, -0.15) is 5.10 Å². The minimum absolute atomic E-state index is 0.294. The van der Waals surface area contributed by atoms with Gasteiger partial charge in [-0.1, -0.05) is 0 Å². The third-order valence-corrected chi connectivity index (χ3v) is 1.70. The van der Waals surface area contributed by atoms with E-state index in [4.69, 9.17) is 10.5 Å². The van der Waals surface area contributed by atoms with Crippen molar-refractivity contribution in [2.45, 2.75) is 13.5 Å². The van der Waals surface area contributed by atoms with E-state index in [2.05, 4.69) is 5.10 Å². The number of esters is 1. The Hall–Kier alpha value is -1.36. The van der Waals surface area contributed by atoms with Gasteiger partial charge in [-0.15, -0.1) is 0 Å². The maximum atomic E-state index is 11.4. The summed E-state index contributed by atoms with van der Waals surface area (Å²) in [6, 6.07) is 0. The third-order valence-electron chi connectivity index (χ3n) is 1.70. The summed E-state index contributed by atoms with van der Waals surface area (Å²) in [7, 11) is 1.69. The molecule has 0 aliphatic heterocycles. The highest BCUT2D eigenvalue weighted by molar-refractivity contribution is 5.89. The van der Waals surface area contributed by atoms with Gasteiger partial charge in [0.25, 0.3) is 0 Å². The van der Waals surface area contributed by atoms with Gasteiger partial charge < -0.3 is 10.5 Å². The Morgan fingerprint density at radius 3 is 3.00 bits per heavy atom. The lowest BCUT2D eigenvalue weighted by Gasteiger charge is -2.03. The standard InChI is InChI=1S/C8H13N3O2/c1-3-13-8(12)7-6(4-9)5-10-11(7)2/h5H,3-4,9H2,1-2H3. The van der Waals surface area contributed by atoms with E-state index in [1.54, 1.807) is 20.2 Å². The van der Waals surface area contributed by atoms with Gasteiger partial charge in [0.15, 0.2) is 5.69 Å². The van der Waals surface area contributed by atoms with Crippen molar-refractivity contribution in [3.8, 4) is 0 Å². The largest absolute Gasteiger partial charge is 0.461 e. The zero-order valence-electron chi connectivity index (χ0n) is 7.78. The molecule has 0 spiro atoms. The van der Waals surface area contributed by atoms with Gasteiger partial charge in [0.1, 0.15) is 0 Å². The first-order valence-corrected chi connectivity index (χ1v) is 4.08. The summed E-state index contributed by atoms with van der Waals surface area (Å²) >= 11 is 0. The van der Waals surface area contributed by atoms with Crippen LogP contribution in [0.4, 0.5) is 0 Å². The molecule has 0 saturated carbocycles. The van der Waals surface area contributed by atoms with Gasteiger partial charge >= 0.3 is 5.97 Å². The second-order valence-electron chi connectivity index (χ2n) is 2.57. The summed E-state index contributed by atoms with van der Waals surface area (Å²) in [6.07, 6.45) is 1.58. The molecule has 5 heteroatoms. The summed E-state index contributed by atoms with van der Waals surface area (Å²) in [5, 5.41) is 3.93. The topological polar surface area (TPSA) is 70.1 Å². The lowest BCUT2D eigenvalue weighted by molar-refractivity contribution is 0.0512. The van der Waals surface area contributed by atoms with Crippen LogP contribution in [0.1, 0.15) is 23.0 Å². The van der Waals surface area contributed by atoms with Crippen LogP contribution in [0, 0.1) is 0 Å². The molecule has 0 aliphatic rings. The van der Waals surface area contributed by atoms with Gasteiger partial charge in [-0.25, -0.2) is 4.79 Å². The van der Waals surface area contributed by atoms with Crippen LogP contribution in [0.15, 0.2) is 6.20 Å². The Kier molecular flexibility index (Phi) is 3.02. The minimum Gasteiger partial charge on any atom is -0.461 e. The first kappa shape index (κ1) is 9.73. The highest BCUT2D eigenvalue weighted by Crippen LogP contribution is 2.07. The fraction of sp³-hybridized carbons (Fsp3) is 0.500. The molecule has 2 N–H and O–H groups in total. The van der Waals surface area contributed by atoms with Gasteiger partial charge in [-0.05, 0) is 6.92 Å². The van der Waals surface area contributed by atoms with Crippen molar-refractivity contribution in [2.75, 3.05) is 6.61 Å². The Bertz CT molecular complexity index is 306. The number of carbonyl (C=O) groups is 1. The molecular weight excluding hydrogens is 170 g/mol. The van der Waals surface area contributed by atoms with E-state index in [9.17, 15) is 4.79 Å². The molecule has 1 aromatic heterocycles. The maximum absolute atomic E-state index is 11.4. The summed E-state index contributed by atoms with van der Waals surface area (Å²) < 4.78 is 6.33. The highest BCUT2D eigenvalue weighted by Gasteiger charge is 2.16. The number of hydrogen-bond acceptors (Lipinski definition) is 4. The number of hydrogen-bond donors (Lipinski definition) is 1. The highest BCUT2D eigenvalue weighted by atomic mass is 16.5. The zero-order chi connectivity index (χ0) is 9.84. The van der Waals surface area contributed by atoms with Crippen LogP contribution in [-0.4, -0.2) is 22.4 Å². The second kappa shape index (κ2) is 4.04. The van der Waals surface area contributed by atoms with Crippen LogP contribution >= 0.6 is 0 Å². The molecule has 0 aliphatic carbocycles. The van der Waals surface area contributed by atoms with Gasteiger partial charge in [0.05, 0.1) is 12.8 Å². The summed E-state index contributed by atoms with van der Waals surface area (Å²) in [4.78, 5) is 11.4. The molecule has 0 fully saturated rings. The molecule has 0 unspecified atom stereocenters. The average molecular weight is 183 g/mol. The number of nitrogens with zero attached hydrogens (tertiary/aromatic N) is 2. The summed E-state index contributed by atoms with van der Waals surface area (Å²) in [5.74, 6) is -0.372. The van der Waals surface area contributed by atoms with Crippen LogP contribution in [0.25, 0.3) is 0 Å². The Labute approximate surface area is 76.5 Å². The molecule has 0 bridgehead atoms. The smallest absolute Gasteiger partial charge is 0.356 e. The van der Waals surface area contributed by atoms with Crippen LogP contribution in [-0.2, 0) is 18.3 Å². The molecule has 13 heavy (non-hydrogen) atoms. The lowest BCUT2D eigenvalue weighted by atomic mass is 10.2. The number of ether oxygens (including phenoxy) is 1. The Morgan fingerprint density at radius 1 is 1.77 bits per heavy atom. The SMILES string of the molecule is CCOC(=O)c1c(CN)cnn1C. The molecule has 1 heterocycles. The number of rotatable bonds is 3. The normalized spacial score (nSPS) is 10.1. The minimum atomic E-state index is -0.372. The fourth-order valence-electron chi connectivity index (χ4n) is 1.10. The van der Waals surface area contributed by atoms with Crippen molar-refractivity contribution >= 4 is 5.97 Å². The van der Waals surface area contributed by atoms with E-state index >= 15 is 0 Å². The van der Waals surface area contributed by atoms with Crippen LogP contribution in [0.3, 0.4) is 0 Å². The average Bonchev–Trinajstić information content (AvgIpc) is 2.47. The number of aromatic nitrogens is 2. The van der Waals surface area contributed by atoms with Crippen molar-refractivity contribution in [2.24, 2.45) is 12.8 Å². The van der Waals surface area contributed by atoms with Gasteiger partial charge in [0.2, 0.25) is 0 Å². The number of nitrogens with two attached hydrogens (primary N) is 1. The molecule has 0 saturated heterocycles. The molecule has 0 atom stereocenters. The van der Waals surface area contributed by atoms with E-state index in [1.165, 1.54) is 4.68 Å². The zero-order valence-corrected chi connectivity index (χ0v) is 7.78. The molecule has 1 rings (SSSR count). The third kappa shape index (κ3) is 1.86. The number of carbonyl (C=O) groups excluding carboxylic acids is 1. The quantitative estimate of drug-likeness (QED) is 0.672. The van der Waals surface area contributed by atoms with E-state index in [-0.39, 0.29) is 5.97 Å². The molecule has 0 aromatic carbocycles. The second-order valence-corrected chi connectivity index (χ2v) is 2.57. The fourth-order valence-corrected chi connectivity index (χ4v) is 1.10. The molecule has 72 valence electrons. The monoisotopic (exact) mass is 183 g/mol. The van der Waals surface area contributed by atoms with Crippen LogP contribution < -0.4 is 5.73 Å². The predicted molar refractivity (Wildman–Crippen MR) is 47.1 cm³/mol. The van der Waals surface area contributed by atoms with Crippen molar-refractivity contribution in [3.63, 3.8) is 0 Å². The van der Waals surface area contributed by atoms with E-state index in [0.717, 1.165) is 0 Å². The molecule has 0 radical (unpaired) electrons. The summed E-state index contributed by atoms with van der Waals surface area (Å²) in [6.45, 7) is 2.41. The summed E-state index contributed by atoms with van der Waals surface area (Å²) in [5.41, 5.74) is 6.58. The Morgan fingerprint density at radius 2 is 2.46 bits per heavy atom. The van der Waals surface area contributed by atoms with Crippen LogP contribution in [0.5, 0.6) is 0 Å².